The van der Waals surface area contributed by atoms with Crippen LogP contribution in [0.5, 0.6) is 0 Å². The number of aryl methyl sites for hydroxylation is 3. The molecule has 1 aromatic heterocycles. The maximum absolute atomic E-state index is 12.7. The Labute approximate surface area is 180 Å². The maximum Gasteiger partial charge on any atom is 0.234 e. The van der Waals surface area contributed by atoms with Crippen LogP contribution in [0.15, 0.2) is 71.8 Å². The first kappa shape index (κ1) is 20.1. The third-order valence-corrected chi connectivity index (χ3v) is 5.87. The molecule has 0 atom stereocenters. The number of rotatable bonds is 5. The van der Waals surface area contributed by atoms with Gasteiger partial charge in [-0.2, -0.15) is 0 Å². The molecule has 1 N–H and O–H groups in total. The molecule has 0 radical (unpaired) electrons. The third kappa shape index (κ3) is 4.36. The molecule has 1 amide bonds. The lowest BCUT2D eigenvalue weighted by Gasteiger charge is -2.13. The highest BCUT2D eigenvalue weighted by Gasteiger charge is 2.13. The molecule has 0 fully saturated rings. The first-order valence-corrected chi connectivity index (χ1v) is 10.8. The van der Waals surface area contributed by atoms with Gasteiger partial charge in [-0.25, -0.2) is 9.97 Å². The molecule has 3 aromatic carbocycles. The van der Waals surface area contributed by atoms with Crippen LogP contribution in [0.2, 0.25) is 0 Å². The molecule has 5 heteroatoms. The number of nitrogens with zero attached hydrogens (tertiary/aromatic N) is 2. The molecular weight excluding hydrogens is 390 g/mol. The summed E-state index contributed by atoms with van der Waals surface area (Å²) in [7, 11) is 0. The number of hydrogen-bond donors (Lipinski definition) is 1. The Hall–Kier alpha value is -3.18. The number of carbonyl (C=O) groups excluding carboxylic acids is 1. The van der Waals surface area contributed by atoms with Gasteiger partial charge in [0, 0.05) is 16.6 Å². The SMILES string of the molecule is Cc1cc(C)c(NC(=O)CSc2nc(-c3ccccc3)nc3ccccc23)c(C)c1. The average molecular weight is 414 g/mol. The van der Waals surface area contributed by atoms with E-state index < -0.39 is 0 Å². The molecule has 4 rings (SSSR count). The fourth-order valence-corrected chi connectivity index (χ4v) is 4.38. The summed E-state index contributed by atoms with van der Waals surface area (Å²) in [5.74, 6) is 0.906. The third-order valence-electron chi connectivity index (χ3n) is 4.88. The average Bonchev–Trinajstić information content (AvgIpc) is 2.75. The second kappa shape index (κ2) is 8.67. The smallest absolute Gasteiger partial charge is 0.234 e. The summed E-state index contributed by atoms with van der Waals surface area (Å²) in [5, 5.41) is 4.84. The van der Waals surface area contributed by atoms with E-state index in [9.17, 15) is 4.79 Å². The highest BCUT2D eigenvalue weighted by Crippen LogP contribution is 2.29. The molecule has 0 aliphatic rings. The van der Waals surface area contributed by atoms with Gasteiger partial charge in [0.25, 0.3) is 0 Å². The van der Waals surface area contributed by atoms with E-state index in [4.69, 9.17) is 9.97 Å². The number of aromatic nitrogens is 2. The number of amides is 1. The van der Waals surface area contributed by atoms with Crippen molar-refractivity contribution in [3.8, 4) is 11.4 Å². The number of carbonyl (C=O) groups is 1. The zero-order valence-corrected chi connectivity index (χ0v) is 18.1. The number of para-hydroxylation sites is 1. The monoisotopic (exact) mass is 413 g/mol. The zero-order chi connectivity index (χ0) is 21.1. The maximum atomic E-state index is 12.7. The first-order chi connectivity index (χ1) is 14.5. The van der Waals surface area contributed by atoms with Crippen LogP contribution >= 0.6 is 11.8 Å². The van der Waals surface area contributed by atoms with E-state index in [2.05, 4.69) is 24.4 Å². The van der Waals surface area contributed by atoms with Crippen molar-refractivity contribution in [3.05, 3.63) is 83.4 Å². The Balaban J connectivity index is 1.59. The molecule has 30 heavy (non-hydrogen) atoms. The summed E-state index contributed by atoms with van der Waals surface area (Å²) < 4.78 is 0. The molecule has 4 aromatic rings. The fraction of sp³-hybridized carbons (Fsp3) is 0.160. The largest absolute Gasteiger partial charge is 0.325 e. The number of thioether (sulfide) groups is 1. The van der Waals surface area contributed by atoms with Crippen molar-refractivity contribution in [2.75, 3.05) is 11.1 Å². The molecule has 0 unspecified atom stereocenters. The van der Waals surface area contributed by atoms with Gasteiger partial charge >= 0.3 is 0 Å². The molecule has 0 aliphatic heterocycles. The van der Waals surface area contributed by atoms with Crippen LogP contribution in [0.3, 0.4) is 0 Å². The highest BCUT2D eigenvalue weighted by atomic mass is 32.2. The van der Waals surface area contributed by atoms with Gasteiger partial charge in [-0.1, -0.05) is 78.0 Å². The predicted octanol–water partition coefficient (Wildman–Crippen LogP) is 5.95. The van der Waals surface area contributed by atoms with E-state index in [1.54, 1.807) is 0 Å². The van der Waals surface area contributed by atoms with Gasteiger partial charge in [0.05, 0.1) is 11.3 Å². The van der Waals surface area contributed by atoms with Crippen molar-refractivity contribution >= 4 is 34.3 Å². The van der Waals surface area contributed by atoms with Crippen molar-refractivity contribution in [2.24, 2.45) is 0 Å². The van der Waals surface area contributed by atoms with Crippen LogP contribution < -0.4 is 5.32 Å². The molecule has 0 saturated carbocycles. The lowest BCUT2D eigenvalue weighted by atomic mass is 10.1. The molecule has 0 spiro atoms. The van der Waals surface area contributed by atoms with Crippen LogP contribution in [0, 0.1) is 20.8 Å². The number of fused-ring (bicyclic) bond motifs is 1. The zero-order valence-electron chi connectivity index (χ0n) is 17.3. The Morgan fingerprint density at radius 1 is 0.900 bits per heavy atom. The van der Waals surface area contributed by atoms with E-state index in [1.807, 2.05) is 68.4 Å². The number of hydrogen-bond acceptors (Lipinski definition) is 4. The van der Waals surface area contributed by atoms with Crippen molar-refractivity contribution in [1.29, 1.82) is 0 Å². The Morgan fingerprint density at radius 2 is 1.57 bits per heavy atom. The number of anilines is 1. The first-order valence-electron chi connectivity index (χ1n) is 9.84. The van der Waals surface area contributed by atoms with Crippen LogP contribution in [-0.4, -0.2) is 21.6 Å². The van der Waals surface area contributed by atoms with Crippen molar-refractivity contribution in [2.45, 2.75) is 25.8 Å². The Morgan fingerprint density at radius 3 is 2.30 bits per heavy atom. The summed E-state index contributed by atoms with van der Waals surface area (Å²) in [6, 6.07) is 22.0. The van der Waals surface area contributed by atoms with Gasteiger partial charge in [-0.15, -0.1) is 0 Å². The fourth-order valence-electron chi connectivity index (χ4n) is 3.56. The van der Waals surface area contributed by atoms with E-state index >= 15 is 0 Å². The highest BCUT2D eigenvalue weighted by molar-refractivity contribution is 8.00. The summed E-state index contributed by atoms with van der Waals surface area (Å²) in [4.78, 5) is 22.2. The summed E-state index contributed by atoms with van der Waals surface area (Å²) >= 11 is 1.44. The van der Waals surface area contributed by atoms with E-state index in [0.717, 1.165) is 38.3 Å². The minimum atomic E-state index is -0.0426. The molecule has 0 aliphatic carbocycles. The standard InChI is InChI=1S/C25H23N3OS/c1-16-13-17(2)23(18(3)14-16)27-22(29)15-30-25-20-11-7-8-12-21(20)26-24(28-25)19-9-5-4-6-10-19/h4-14H,15H2,1-3H3,(H,27,29). The summed E-state index contributed by atoms with van der Waals surface area (Å²) in [6.45, 7) is 6.10. The Kier molecular flexibility index (Phi) is 5.81. The number of benzene rings is 3. The molecule has 0 saturated heterocycles. The van der Waals surface area contributed by atoms with Crippen molar-refractivity contribution < 1.29 is 4.79 Å². The second-order valence-electron chi connectivity index (χ2n) is 7.35. The van der Waals surface area contributed by atoms with Gasteiger partial charge < -0.3 is 5.32 Å². The van der Waals surface area contributed by atoms with E-state index in [1.165, 1.54) is 17.3 Å². The Bertz CT molecular complexity index is 1200. The quantitative estimate of drug-likeness (QED) is 0.324. The van der Waals surface area contributed by atoms with E-state index in [0.29, 0.717) is 5.82 Å². The molecule has 0 bridgehead atoms. The molecule has 4 nitrogen and oxygen atoms in total. The van der Waals surface area contributed by atoms with Gasteiger partial charge in [0.1, 0.15) is 5.03 Å². The second-order valence-corrected chi connectivity index (χ2v) is 8.31. The normalized spacial score (nSPS) is 10.9. The minimum Gasteiger partial charge on any atom is -0.325 e. The van der Waals surface area contributed by atoms with Crippen LogP contribution in [0.1, 0.15) is 16.7 Å². The van der Waals surface area contributed by atoms with Crippen LogP contribution in [-0.2, 0) is 4.79 Å². The predicted molar refractivity (Wildman–Crippen MR) is 125 cm³/mol. The molecule has 1 heterocycles. The summed E-state index contributed by atoms with van der Waals surface area (Å²) in [5.41, 5.74) is 6.07. The van der Waals surface area contributed by atoms with Crippen molar-refractivity contribution in [3.63, 3.8) is 0 Å². The number of nitrogens with one attached hydrogen (secondary N) is 1. The van der Waals surface area contributed by atoms with Gasteiger partial charge in [-0.05, 0) is 38.0 Å². The molecular formula is C25H23N3OS. The van der Waals surface area contributed by atoms with Gasteiger partial charge in [-0.3, -0.25) is 4.79 Å². The topological polar surface area (TPSA) is 54.9 Å². The lowest BCUT2D eigenvalue weighted by molar-refractivity contribution is -0.113. The lowest BCUT2D eigenvalue weighted by Crippen LogP contribution is -2.16. The van der Waals surface area contributed by atoms with Gasteiger partial charge in [0.15, 0.2) is 5.82 Å². The summed E-state index contributed by atoms with van der Waals surface area (Å²) in [6.07, 6.45) is 0. The van der Waals surface area contributed by atoms with Gasteiger partial charge in [0.2, 0.25) is 5.91 Å². The van der Waals surface area contributed by atoms with Crippen molar-refractivity contribution in [1.82, 2.24) is 9.97 Å². The van der Waals surface area contributed by atoms with Crippen LogP contribution in [0.25, 0.3) is 22.3 Å². The van der Waals surface area contributed by atoms with E-state index in [-0.39, 0.29) is 11.7 Å². The minimum absolute atomic E-state index is 0.0426. The van der Waals surface area contributed by atoms with Crippen LogP contribution in [0.4, 0.5) is 5.69 Å². The molecule has 150 valence electrons.